The van der Waals surface area contributed by atoms with E-state index in [0.717, 1.165) is 11.3 Å². The van der Waals surface area contributed by atoms with Crippen LogP contribution in [0.3, 0.4) is 0 Å². The van der Waals surface area contributed by atoms with Gasteiger partial charge < -0.3 is 24.5 Å². The molecule has 2 aromatic rings. The number of hydrogen-bond acceptors (Lipinski definition) is 6. The third-order valence-corrected chi connectivity index (χ3v) is 5.28. The Hall–Kier alpha value is -2.85. The Morgan fingerprint density at radius 2 is 2.07 bits per heavy atom. The molecule has 0 bridgehead atoms. The second-order valence-electron chi connectivity index (χ2n) is 7.41. The van der Waals surface area contributed by atoms with Gasteiger partial charge in [0.15, 0.2) is 0 Å². The Bertz CT molecular complexity index is 845. The van der Waals surface area contributed by atoms with E-state index in [9.17, 15) is 14.6 Å². The number of aromatic nitrogens is 2. The van der Waals surface area contributed by atoms with Crippen LogP contribution in [0.2, 0.25) is 6.82 Å². The van der Waals surface area contributed by atoms with Gasteiger partial charge in [0.25, 0.3) is 0 Å². The maximum absolute atomic E-state index is 12.9. The van der Waals surface area contributed by atoms with Gasteiger partial charge in [-0.3, -0.25) is 9.69 Å². The zero-order valence-corrected chi connectivity index (χ0v) is 17.4. The molecule has 1 aliphatic rings. The molecule has 1 aromatic heterocycles. The summed E-state index contributed by atoms with van der Waals surface area (Å²) in [7, 11) is 1.20. The third kappa shape index (κ3) is 5.61. The van der Waals surface area contributed by atoms with Gasteiger partial charge in [0.05, 0.1) is 6.33 Å². The van der Waals surface area contributed by atoms with Crippen molar-refractivity contribution in [2.75, 3.05) is 26.2 Å². The van der Waals surface area contributed by atoms with E-state index >= 15 is 0 Å². The van der Waals surface area contributed by atoms with E-state index in [1.165, 1.54) is 4.90 Å². The normalized spacial score (nSPS) is 16.9. The highest BCUT2D eigenvalue weighted by Gasteiger charge is 2.38. The van der Waals surface area contributed by atoms with Crippen LogP contribution in [0.25, 0.3) is 0 Å². The third-order valence-electron chi connectivity index (χ3n) is 5.28. The van der Waals surface area contributed by atoms with Crippen LogP contribution in [0, 0.1) is 0 Å². The van der Waals surface area contributed by atoms with E-state index in [2.05, 4.69) is 10.3 Å². The van der Waals surface area contributed by atoms with Crippen LogP contribution in [0.15, 0.2) is 42.9 Å². The van der Waals surface area contributed by atoms with Crippen molar-refractivity contribution in [3.8, 4) is 0 Å². The largest absolute Gasteiger partial charge is 0.445 e. The van der Waals surface area contributed by atoms with Crippen LogP contribution < -0.4 is 5.32 Å². The number of aryl methyl sites for hydroxylation is 1. The Balaban J connectivity index is 1.60. The Labute approximate surface area is 176 Å². The molecule has 9 nitrogen and oxygen atoms in total. The van der Waals surface area contributed by atoms with E-state index in [1.807, 2.05) is 41.9 Å². The first kappa shape index (κ1) is 21.9. The van der Waals surface area contributed by atoms with Crippen LogP contribution in [0.4, 0.5) is 4.79 Å². The fourth-order valence-electron chi connectivity index (χ4n) is 3.45. The summed E-state index contributed by atoms with van der Waals surface area (Å²) in [6, 6.07) is 8.67. The Morgan fingerprint density at radius 1 is 1.30 bits per heavy atom. The lowest BCUT2D eigenvalue weighted by atomic mass is 9.83. The molecule has 2 heterocycles. The van der Waals surface area contributed by atoms with Crippen molar-refractivity contribution >= 4 is 19.1 Å². The second-order valence-corrected chi connectivity index (χ2v) is 7.41. The van der Waals surface area contributed by atoms with E-state index in [1.54, 1.807) is 24.2 Å². The molecule has 0 spiro atoms. The van der Waals surface area contributed by atoms with Gasteiger partial charge >= 0.3 is 13.1 Å². The predicted molar refractivity (Wildman–Crippen MR) is 112 cm³/mol. The lowest BCUT2D eigenvalue weighted by Crippen LogP contribution is -2.63. The number of piperazine rings is 1. The molecular formula is C20H28BN5O4. The van der Waals surface area contributed by atoms with Gasteiger partial charge in [0.1, 0.15) is 12.6 Å². The molecule has 0 saturated carbocycles. The summed E-state index contributed by atoms with van der Waals surface area (Å²) in [6.07, 6.45) is 3.57. The fraction of sp³-hybridized carbons (Fsp3) is 0.450. The van der Waals surface area contributed by atoms with Crippen molar-refractivity contribution in [3.63, 3.8) is 0 Å². The zero-order valence-electron chi connectivity index (χ0n) is 17.4. The van der Waals surface area contributed by atoms with Crippen LogP contribution >= 0.6 is 0 Å². The number of nitrogens with one attached hydrogen (secondary N) is 1. The molecule has 1 saturated heterocycles. The molecule has 1 aromatic carbocycles. The van der Waals surface area contributed by atoms with Gasteiger partial charge in [-0.15, -0.1) is 0 Å². The fourth-order valence-corrected chi connectivity index (χ4v) is 3.45. The van der Waals surface area contributed by atoms with E-state index < -0.39 is 19.2 Å². The van der Waals surface area contributed by atoms with Crippen molar-refractivity contribution in [2.45, 2.75) is 25.9 Å². The first-order chi connectivity index (χ1) is 14.5. The summed E-state index contributed by atoms with van der Waals surface area (Å²) in [5.41, 5.74) is 1.88. The number of benzene rings is 1. The zero-order chi connectivity index (χ0) is 21.5. The highest BCUT2D eigenvalue weighted by atomic mass is 16.6. The summed E-state index contributed by atoms with van der Waals surface area (Å²) in [5, 5.41) is 12.8. The summed E-state index contributed by atoms with van der Waals surface area (Å²) >= 11 is 0. The average molecular weight is 413 g/mol. The number of amides is 2. The SMILES string of the molecule is CB(O)N1CCN(C(=O)OCc2ccccc2)[C@@H](C(=O)NCCc2cncn2C)C1. The number of ether oxygens (including phenoxy) is 1. The molecule has 2 N–H and O–H groups in total. The van der Waals surface area contributed by atoms with Crippen molar-refractivity contribution in [3.05, 3.63) is 54.1 Å². The number of carbonyl (C=O) groups is 2. The average Bonchev–Trinajstić information content (AvgIpc) is 3.16. The quantitative estimate of drug-likeness (QED) is 0.642. The minimum absolute atomic E-state index is 0.144. The number of hydrogen-bond donors (Lipinski definition) is 2. The first-order valence-electron chi connectivity index (χ1n) is 10.1. The molecule has 3 rings (SSSR count). The van der Waals surface area contributed by atoms with Crippen LogP contribution in [0.1, 0.15) is 11.3 Å². The molecule has 0 aliphatic carbocycles. The lowest BCUT2D eigenvalue weighted by Gasteiger charge is -2.40. The molecule has 160 valence electrons. The Morgan fingerprint density at radius 3 is 2.73 bits per heavy atom. The summed E-state index contributed by atoms with van der Waals surface area (Å²) in [6.45, 7) is 3.24. The summed E-state index contributed by atoms with van der Waals surface area (Å²) in [5.74, 6) is -0.265. The van der Waals surface area contributed by atoms with E-state index in [-0.39, 0.29) is 19.1 Å². The van der Waals surface area contributed by atoms with Crippen LogP contribution in [-0.2, 0) is 29.6 Å². The summed E-state index contributed by atoms with van der Waals surface area (Å²) in [4.78, 5) is 32.9. The smallest absolute Gasteiger partial charge is 0.410 e. The standard InChI is InChI=1S/C20H28BN5O4/c1-21(29)25-10-11-26(20(28)30-14-16-6-4-3-5-7-16)18(13-25)19(27)23-9-8-17-12-22-15-24(17)2/h3-7,12,15,18,29H,8-11,13-14H2,1-2H3,(H,23,27)/t18-/m1/s1. The molecule has 1 aliphatic heterocycles. The van der Waals surface area contributed by atoms with Gasteiger partial charge in [-0.1, -0.05) is 30.3 Å². The first-order valence-corrected chi connectivity index (χ1v) is 10.1. The second kappa shape index (κ2) is 10.3. The van der Waals surface area contributed by atoms with Gasteiger partial charge in [-0.2, -0.15) is 0 Å². The molecule has 0 unspecified atom stereocenters. The molecule has 1 fully saturated rings. The molecule has 10 heteroatoms. The molecule has 0 radical (unpaired) electrons. The van der Waals surface area contributed by atoms with Crippen LogP contribution in [0.5, 0.6) is 0 Å². The van der Waals surface area contributed by atoms with Crippen molar-refractivity contribution in [1.82, 2.24) is 24.6 Å². The van der Waals surface area contributed by atoms with Crippen LogP contribution in [-0.4, -0.2) is 75.6 Å². The van der Waals surface area contributed by atoms with Crippen molar-refractivity contribution in [2.24, 2.45) is 7.05 Å². The number of carbonyl (C=O) groups excluding carboxylic acids is 2. The van der Waals surface area contributed by atoms with Crippen molar-refractivity contribution < 1.29 is 19.3 Å². The minimum atomic E-state index is -0.733. The highest BCUT2D eigenvalue weighted by Crippen LogP contribution is 2.14. The number of nitrogens with zero attached hydrogens (tertiary/aromatic N) is 4. The topological polar surface area (TPSA) is 99.9 Å². The van der Waals surface area contributed by atoms with E-state index in [4.69, 9.17) is 4.74 Å². The number of imidazole rings is 1. The lowest BCUT2D eigenvalue weighted by molar-refractivity contribution is -0.127. The van der Waals surface area contributed by atoms with Gasteiger partial charge in [-0.25, -0.2) is 9.78 Å². The van der Waals surface area contributed by atoms with Gasteiger partial charge in [0.2, 0.25) is 5.91 Å². The van der Waals surface area contributed by atoms with Gasteiger partial charge in [0, 0.05) is 51.5 Å². The maximum atomic E-state index is 12.9. The molecular weight excluding hydrogens is 385 g/mol. The highest BCUT2D eigenvalue weighted by molar-refractivity contribution is 6.45. The maximum Gasteiger partial charge on any atom is 0.410 e. The van der Waals surface area contributed by atoms with E-state index in [0.29, 0.717) is 26.1 Å². The predicted octanol–water partition coefficient (Wildman–Crippen LogP) is 0.512. The molecule has 30 heavy (non-hydrogen) atoms. The summed E-state index contributed by atoms with van der Waals surface area (Å²) < 4.78 is 7.34. The number of rotatable bonds is 7. The Kier molecular flexibility index (Phi) is 7.48. The van der Waals surface area contributed by atoms with Gasteiger partial charge in [-0.05, 0) is 12.4 Å². The minimum Gasteiger partial charge on any atom is -0.445 e. The molecule has 1 atom stereocenters. The molecule has 2 amide bonds. The monoisotopic (exact) mass is 413 g/mol. The van der Waals surface area contributed by atoms with Crippen molar-refractivity contribution in [1.29, 1.82) is 0 Å².